The van der Waals surface area contributed by atoms with Gasteiger partial charge in [0, 0.05) is 23.1 Å². The first kappa shape index (κ1) is 28.5. The molecule has 0 aliphatic heterocycles. The molecule has 0 spiro atoms. The number of halogens is 3. The molecule has 8 heteroatoms. The van der Waals surface area contributed by atoms with Gasteiger partial charge in [-0.05, 0) is 69.6 Å². The average Bonchev–Trinajstić information content (AvgIpc) is 2.77. The van der Waals surface area contributed by atoms with Crippen LogP contribution in [0, 0.1) is 0 Å². The summed E-state index contributed by atoms with van der Waals surface area (Å²) in [5, 5.41) is 3.84. The standard InChI is InChI=1S/C26H33BrCl2N2O3/c1-6-12-30-25(33)22(7-2)31(15-17-8-10-19(28)14-21(17)29)24(32)16-34-23-11-9-18(13-20(23)27)26(3,4)5/h8-11,13-14,22H,6-7,12,15-16H2,1-5H3,(H,30,33). The van der Waals surface area contributed by atoms with E-state index in [1.807, 2.05) is 32.0 Å². The van der Waals surface area contributed by atoms with E-state index in [0.29, 0.717) is 34.3 Å². The molecular formula is C26H33BrCl2N2O3. The van der Waals surface area contributed by atoms with Crippen LogP contribution in [0.25, 0.3) is 0 Å². The maximum Gasteiger partial charge on any atom is 0.261 e. The molecule has 0 bridgehead atoms. The van der Waals surface area contributed by atoms with Gasteiger partial charge < -0.3 is 15.0 Å². The molecule has 0 aromatic heterocycles. The summed E-state index contributed by atoms with van der Waals surface area (Å²) in [5.74, 6) is 0.0594. The summed E-state index contributed by atoms with van der Waals surface area (Å²) >= 11 is 16.0. The van der Waals surface area contributed by atoms with E-state index in [-0.39, 0.29) is 30.4 Å². The Kier molecular flexibility index (Phi) is 10.7. The van der Waals surface area contributed by atoms with E-state index in [2.05, 4.69) is 42.0 Å². The zero-order valence-electron chi connectivity index (χ0n) is 20.4. The van der Waals surface area contributed by atoms with Crippen molar-refractivity contribution >= 4 is 50.9 Å². The quantitative estimate of drug-likeness (QED) is 0.342. The summed E-state index contributed by atoms with van der Waals surface area (Å²) in [5.41, 5.74) is 1.85. The minimum absolute atomic E-state index is 0.00822. The molecule has 0 saturated heterocycles. The number of ether oxygens (including phenoxy) is 1. The molecule has 1 N–H and O–H groups in total. The Balaban J connectivity index is 2.26. The molecule has 0 saturated carbocycles. The van der Waals surface area contributed by atoms with E-state index < -0.39 is 6.04 Å². The highest BCUT2D eigenvalue weighted by Gasteiger charge is 2.29. The van der Waals surface area contributed by atoms with Crippen molar-refractivity contribution in [2.24, 2.45) is 0 Å². The highest BCUT2D eigenvalue weighted by atomic mass is 79.9. The van der Waals surface area contributed by atoms with E-state index in [1.54, 1.807) is 18.2 Å². The Hall–Kier alpha value is -1.76. The fraction of sp³-hybridized carbons (Fsp3) is 0.462. The fourth-order valence-corrected chi connectivity index (χ4v) is 4.39. The zero-order valence-corrected chi connectivity index (χ0v) is 23.5. The van der Waals surface area contributed by atoms with Crippen molar-refractivity contribution < 1.29 is 14.3 Å². The van der Waals surface area contributed by atoms with Gasteiger partial charge in [-0.15, -0.1) is 0 Å². The summed E-state index contributed by atoms with van der Waals surface area (Å²) in [4.78, 5) is 27.7. The number of nitrogens with one attached hydrogen (secondary N) is 1. The van der Waals surface area contributed by atoms with Crippen LogP contribution in [0.4, 0.5) is 0 Å². The first-order valence-electron chi connectivity index (χ1n) is 11.4. The molecule has 0 fully saturated rings. The third-order valence-corrected chi connectivity index (χ3v) is 6.65. The third-order valence-electron chi connectivity index (χ3n) is 5.44. The SMILES string of the molecule is CCCNC(=O)C(CC)N(Cc1ccc(Cl)cc1Cl)C(=O)COc1ccc(C(C)(C)C)cc1Br. The largest absolute Gasteiger partial charge is 0.483 e. The molecule has 34 heavy (non-hydrogen) atoms. The van der Waals surface area contributed by atoms with Crippen molar-refractivity contribution in [2.75, 3.05) is 13.2 Å². The Labute approximate surface area is 221 Å². The lowest BCUT2D eigenvalue weighted by atomic mass is 9.87. The van der Waals surface area contributed by atoms with E-state index in [9.17, 15) is 9.59 Å². The Morgan fingerprint density at radius 3 is 2.38 bits per heavy atom. The Bertz CT molecular complexity index is 1010. The molecule has 1 atom stereocenters. The van der Waals surface area contributed by atoms with Crippen LogP contribution in [-0.2, 0) is 21.5 Å². The van der Waals surface area contributed by atoms with E-state index >= 15 is 0 Å². The summed E-state index contributed by atoms with van der Waals surface area (Å²) < 4.78 is 6.64. The number of hydrogen-bond acceptors (Lipinski definition) is 3. The molecule has 2 aromatic carbocycles. The maximum absolute atomic E-state index is 13.4. The maximum atomic E-state index is 13.4. The van der Waals surface area contributed by atoms with Crippen LogP contribution >= 0.6 is 39.1 Å². The van der Waals surface area contributed by atoms with Gasteiger partial charge in [-0.3, -0.25) is 9.59 Å². The van der Waals surface area contributed by atoms with Crippen LogP contribution in [0.15, 0.2) is 40.9 Å². The van der Waals surface area contributed by atoms with E-state index in [4.69, 9.17) is 27.9 Å². The van der Waals surface area contributed by atoms with Crippen LogP contribution in [0.5, 0.6) is 5.75 Å². The fourth-order valence-electron chi connectivity index (χ4n) is 3.43. The molecule has 5 nitrogen and oxygen atoms in total. The molecule has 186 valence electrons. The third kappa shape index (κ3) is 7.89. The number of hydrogen-bond donors (Lipinski definition) is 1. The molecule has 0 aliphatic rings. The van der Waals surface area contributed by atoms with Gasteiger partial charge in [0.25, 0.3) is 5.91 Å². The summed E-state index contributed by atoms with van der Waals surface area (Å²) in [7, 11) is 0. The normalized spacial score (nSPS) is 12.2. The predicted molar refractivity (Wildman–Crippen MR) is 143 cm³/mol. The molecule has 0 aliphatic carbocycles. The van der Waals surface area contributed by atoms with Gasteiger partial charge in [0.1, 0.15) is 11.8 Å². The molecule has 2 amide bonds. The highest BCUT2D eigenvalue weighted by molar-refractivity contribution is 9.10. The van der Waals surface area contributed by atoms with Crippen LogP contribution in [0.2, 0.25) is 10.0 Å². The second-order valence-corrected chi connectivity index (χ2v) is 10.9. The minimum atomic E-state index is -0.652. The predicted octanol–water partition coefficient (Wildman–Crippen LogP) is 6.77. The highest BCUT2D eigenvalue weighted by Crippen LogP contribution is 2.31. The van der Waals surface area contributed by atoms with Crippen LogP contribution in [0.3, 0.4) is 0 Å². The average molecular weight is 572 g/mol. The Morgan fingerprint density at radius 1 is 1.12 bits per heavy atom. The van der Waals surface area contributed by atoms with Gasteiger partial charge in [0.2, 0.25) is 5.91 Å². The number of carbonyl (C=O) groups is 2. The lowest BCUT2D eigenvalue weighted by Crippen LogP contribution is -2.50. The molecule has 2 rings (SSSR count). The van der Waals surface area contributed by atoms with Crippen molar-refractivity contribution in [1.82, 2.24) is 10.2 Å². The van der Waals surface area contributed by atoms with Gasteiger partial charge in [0.05, 0.1) is 4.47 Å². The van der Waals surface area contributed by atoms with Gasteiger partial charge in [0.15, 0.2) is 6.61 Å². The zero-order chi connectivity index (χ0) is 25.5. The topological polar surface area (TPSA) is 58.6 Å². The molecule has 2 aromatic rings. The van der Waals surface area contributed by atoms with Crippen LogP contribution in [0.1, 0.15) is 58.6 Å². The number of nitrogens with zero attached hydrogens (tertiary/aromatic N) is 1. The first-order valence-corrected chi connectivity index (χ1v) is 13.0. The van der Waals surface area contributed by atoms with Crippen LogP contribution in [-0.4, -0.2) is 35.9 Å². The minimum Gasteiger partial charge on any atom is -0.483 e. The first-order chi connectivity index (χ1) is 16.0. The van der Waals surface area contributed by atoms with Crippen LogP contribution < -0.4 is 10.1 Å². The van der Waals surface area contributed by atoms with Crippen molar-refractivity contribution in [3.63, 3.8) is 0 Å². The second-order valence-electron chi connectivity index (χ2n) is 9.16. The van der Waals surface area contributed by atoms with Gasteiger partial charge in [-0.2, -0.15) is 0 Å². The van der Waals surface area contributed by atoms with E-state index in [1.165, 1.54) is 4.90 Å². The van der Waals surface area contributed by atoms with Crippen molar-refractivity contribution in [1.29, 1.82) is 0 Å². The lowest BCUT2D eigenvalue weighted by Gasteiger charge is -2.31. The number of carbonyl (C=O) groups excluding carboxylic acids is 2. The molecule has 0 radical (unpaired) electrons. The van der Waals surface area contributed by atoms with Crippen molar-refractivity contribution in [3.05, 3.63) is 62.0 Å². The van der Waals surface area contributed by atoms with Gasteiger partial charge in [-0.1, -0.05) is 70.0 Å². The summed E-state index contributed by atoms with van der Waals surface area (Å²) in [6, 6.07) is 10.3. The Morgan fingerprint density at radius 2 is 1.82 bits per heavy atom. The molecular weight excluding hydrogens is 539 g/mol. The van der Waals surface area contributed by atoms with Crippen molar-refractivity contribution in [2.45, 2.75) is 65.5 Å². The molecule has 0 heterocycles. The van der Waals surface area contributed by atoms with Gasteiger partial charge >= 0.3 is 0 Å². The van der Waals surface area contributed by atoms with Crippen molar-refractivity contribution in [3.8, 4) is 5.75 Å². The number of amides is 2. The van der Waals surface area contributed by atoms with E-state index in [0.717, 1.165) is 16.5 Å². The number of rotatable bonds is 10. The van der Waals surface area contributed by atoms with Gasteiger partial charge in [-0.25, -0.2) is 0 Å². The summed E-state index contributed by atoms with van der Waals surface area (Å²) in [6.07, 6.45) is 1.26. The monoisotopic (exact) mass is 570 g/mol. The smallest absolute Gasteiger partial charge is 0.261 e. The second kappa shape index (κ2) is 12.8. The number of benzene rings is 2. The lowest BCUT2D eigenvalue weighted by molar-refractivity contribution is -0.143. The molecule has 1 unspecified atom stereocenters. The summed E-state index contributed by atoms with van der Waals surface area (Å²) in [6.45, 7) is 10.8.